The fourth-order valence-electron chi connectivity index (χ4n) is 3.43. The molecule has 0 saturated carbocycles. The third-order valence-corrected chi connectivity index (χ3v) is 4.81. The molecule has 7 nitrogen and oxygen atoms in total. The molecule has 0 radical (unpaired) electrons. The van der Waals surface area contributed by atoms with Gasteiger partial charge in [-0.2, -0.15) is 0 Å². The molecule has 2 amide bonds. The summed E-state index contributed by atoms with van der Waals surface area (Å²) in [4.78, 5) is 22.8. The standard InChI is InChI=1S/C21H23F2N3O4/c1-29-18-6-12(2-4-17(18)30-11-19(24)27)10-25-16-3-5-20(28)26-21(16)13-7-14(22)9-15(23)8-13/h2,4,6-9,16,21,25H,3,5,10-11H2,1H3,(H2,24,27)(H,26,28)/t16-,21+/m1/s1. The Bertz CT molecular complexity index is 918. The van der Waals surface area contributed by atoms with Gasteiger partial charge in [0.05, 0.1) is 13.2 Å². The number of benzene rings is 2. The van der Waals surface area contributed by atoms with E-state index in [-0.39, 0.29) is 18.6 Å². The number of nitrogens with two attached hydrogens (primary N) is 1. The predicted molar refractivity (Wildman–Crippen MR) is 105 cm³/mol. The van der Waals surface area contributed by atoms with Crippen LogP contribution in [-0.4, -0.2) is 31.6 Å². The van der Waals surface area contributed by atoms with Crippen LogP contribution in [0.5, 0.6) is 11.5 Å². The van der Waals surface area contributed by atoms with E-state index in [9.17, 15) is 18.4 Å². The first-order valence-electron chi connectivity index (χ1n) is 9.42. The van der Waals surface area contributed by atoms with Gasteiger partial charge in [0.25, 0.3) is 5.91 Å². The van der Waals surface area contributed by atoms with Gasteiger partial charge in [-0.05, 0) is 41.8 Å². The van der Waals surface area contributed by atoms with Gasteiger partial charge in [-0.25, -0.2) is 8.78 Å². The smallest absolute Gasteiger partial charge is 0.255 e. The second-order valence-electron chi connectivity index (χ2n) is 7.01. The van der Waals surface area contributed by atoms with E-state index in [1.54, 1.807) is 18.2 Å². The molecule has 1 aliphatic heterocycles. The second kappa shape index (κ2) is 9.53. The Morgan fingerprint density at radius 3 is 2.60 bits per heavy atom. The van der Waals surface area contributed by atoms with Gasteiger partial charge in [0.2, 0.25) is 5.91 Å². The van der Waals surface area contributed by atoms with E-state index in [2.05, 4.69) is 10.6 Å². The summed E-state index contributed by atoms with van der Waals surface area (Å²) >= 11 is 0. The maximum atomic E-state index is 13.7. The van der Waals surface area contributed by atoms with Crippen LogP contribution in [0.3, 0.4) is 0 Å². The lowest BCUT2D eigenvalue weighted by Crippen LogP contribution is -2.48. The molecule has 4 N–H and O–H groups in total. The second-order valence-corrected chi connectivity index (χ2v) is 7.01. The van der Waals surface area contributed by atoms with Crippen molar-refractivity contribution in [1.82, 2.24) is 10.6 Å². The maximum absolute atomic E-state index is 13.7. The Kier molecular flexibility index (Phi) is 6.83. The van der Waals surface area contributed by atoms with Gasteiger partial charge in [-0.3, -0.25) is 9.59 Å². The molecule has 1 heterocycles. The molecule has 0 unspecified atom stereocenters. The van der Waals surface area contributed by atoms with E-state index in [1.165, 1.54) is 19.2 Å². The lowest BCUT2D eigenvalue weighted by molar-refractivity contribution is -0.124. The molecule has 2 aromatic rings. The van der Waals surface area contributed by atoms with Crippen LogP contribution in [0.2, 0.25) is 0 Å². The third-order valence-electron chi connectivity index (χ3n) is 4.81. The Labute approximate surface area is 172 Å². The SMILES string of the molecule is COc1cc(CN[C@@H]2CCC(=O)N[C@H]2c2cc(F)cc(F)c2)ccc1OCC(N)=O. The molecule has 3 rings (SSSR count). The van der Waals surface area contributed by atoms with Crippen LogP contribution in [0, 0.1) is 11.6 Å². The Balaban J connectivity index is 1.72. The summed E-state index contributed by atoms with van der Waals surface area (Å²) in [6, 6.07) is 7.68. The van der Waals surface area contributed by atoms with Crippen molar-refractivity contribution in [3.8, 4) is 11.5 Å². The summed E-state index contributed by atoms with van der Waals surface area (Å²) in [5.74, 6) is -1.32. The van der Waals surface area contributed by atoms with E-state index in [4.69, 9.17) is 15.2 Å². The van der Waals surface area contributed by atoms with Crippen molar-refractivity contribution < 1.29 is 27.8 Å². The summed E-state index contributed by atoms with van der Waals surface area (Å²) in [6.07, 6.45) is 0.834. The number of ether oxygens (including phenoxy) is 2. The Morgan fingerprint density at radius 1 is 1.20 bits per heavy atom. The van der Waals surface area contributed by atoms with Crippen molar-refractivity contribution in [3.63, 3.8) is 0 Å². The number of primary amides is 1. The molecule has 1 fully saturated rings. The number of rotatable bonds is 8. The van der Waals surface area contributed by atoms with Crippen molar-refractivity contribution in [1.29, 1.82) is 0 Å². The van der Waals surface area contributed by atoms with E-state index in [0.29, 0.717) is 36.4 Å². The van der Waals surface area contributed by atoms with Crippen LogP contribution in [0.15, 0.2) is 36.4 Å². The average molecular weight is 419 g/mol. The first-order chi connectivity index (χ1) is 14.4. The third kappa shape index (κ3) is 5.44. The van der Waals surface area contributed by atoms with Crippen LogP contribution in [0.1, 0.15) is 30.0 Å². The topological polar surface area (TPSA) is 103 Å². The first kappa shape index (κ1) is 21.5. The molecule has 0 bridgehead atoms. The average Bonchev–Trinajstić information content (AvgIpc) is 2.70. The molecule has 30 heavy (non-hydrogen) atoms. The van der Waals surface area contributed by atoms with Crippen LogP contribution < -0.4 is 25.8 Å². The monoisotopic (exact) mass is 419 g/mol. The van der Waals surface area contributed by atoms with Gasteiger partial charge >= 0.3 is 0 Å². The van der Waals surface area contributed by atoms with Gasteiger partial charge in [0.1, 0.15) is 11.6 Å². The van der Waals surface area contributed by atoms with Crippen molar-refractivity contribution in [3.05, 3.63) is 59.2 Å². The zero-order chi connectivity index (χ0) is 21.7. The number of amides is 2. The fraction of sp³-hybridized carbons (Fsp3) is 0.333. The highest BCUT2D eigenvalue weighted by atomic mass is 19.1. The number of methoxy groups -OCH3 is 1. The van der Waals surface area contributed by atoms with E-state index in [1.807, 2.05) is 0 Å². The van der Waals surface area contributed by atoms with Crippen LogP contribution >= 0.6 is 0 Å². The highest BCUT2D eigenvalue weighted by molar-refractivity contribution is 5.77. The van der Waals surface area contributed by atoms with Crippen molar-refractivity contribution >= 4 is 11.8 Å². The summed E-state index contributed by atoms with van der Waals surface area (Å²) in [5, 5.41) is 6.15. The van der Waals surface area contributed by atoms with Crippen molar-refractivity contribution in [2.75, 3.05) is 13.7 Å². The maximum Gasteiger partial charge on any atom is 0.255 e. The van der Waals surface area contributed by atoms with Crippen LogP contribution in [-0.2, 0) is 16.1 Å². The highest BCUT2D eigenvalue weighted by Crippen LogP contribution is 2.29. The van der Waals surface area contributed by atoms with Crippen LogP contribution in [0.4, 0.5) is 8.78 Å². The highest BCUT2D eigenvalue weighted by Gasteiger charge is 2.30. The molecule has 0 aromatic heterocycles. The number of halogens is 2. The number of carbonyl (C=O) groups excluding carboxylic acids is 2. The molecule has 0 aliphatic carbocycles. The number of nitrogens with one attached hydrogen (secondary N) is 2. The van der Waals surface area contributed by atoms with E-state index < -0.39 is 23.6 Å². The van der Waals surface area contributed by atoms with Gasteiger partial charge in [-0.15, -0.1) is 0 Å². The minimum Gasteiger partial charge on any atom is -0.493 e. The number of hydrogen-bond donors (Lipinski definition) is 3. The van der Waals surface area contributed by atoms with Gasteiger partial charge < -0.3 is 25.8 Å². The van der Waals surface area contributed by atoms with Gasteiger partial charge in [0.15, 0.2) is 18.1 Å². The normalized spacial score (nSPS) is 18.6. The zero-order valence-electron chi connectivity index (χ0n) is 16.4. The zero-order valence-corrected chi connectivity index (χ0v) is 16.4. The molecule has 1 aliphatic rings. The number of piperidine rings is 1. The Morgan fingerprint density at radius 2 is 1.93 bits per heavy atom. The molecule has 2 aromatic carbocycles. The molecular weight excluding hydrogens is 396 g/mol. The number of hydrogen-bond acceptors (Lipinski definition) is 5. The molecule has 9 heteroatoms. The van der Waals surface area contributed by atoms with E-state index in [0.717, 1.165) is 11.6 Å². The summed E-state index contributed by atoms with van der Waals surface area (Å²) in [5.41, 5.74) is 6.32. The largest absolute Gasteiger partial charge is 0.493 e. The molecule has 160 valence electrons. The van der Waals surface area contributed by atoms with E-state index >= 15 is 0 Å². The minimum atomic E-state index is -0.695. The Hall–Kier alpha value is -3.20. The van der Waals surface area contributed by atoms with Gasteiger partial charge in [-0.1, -0.05) is 6.07 Å². The predicted octanol–water partition coefficient (Wildman–Crippen LogP) is 1.95. The minimum absolute atomic E-state index is 0.166. The van der Waals surface area contributed by atoms with Crippen molar-refractivity contribution in [2.24, 2.45) is 5.73 Å². The summed E-state index contributed by atoms with van der Waals surface area (Å²) in [6.45, 7) is 0.156. The summed E-state index contributed by atoms with van der Waals surface area (Å²) < 4.78 is 37.9. The molecule has 2 atom stereocenters. The quantitative estimate of drug-likeness (QED) is 0.607. The van der Waals surface area contributed by atoms with Crippen molar-refractivity contribution in [2.45, 2.75) is 31.5 Å². The molecular formula is C21H23F2N3O4. The first-order valence-corrected chi connectivity index (χ1v) is 9.42. The lowest BCUT2D eigenvalue weighted by Gasteiger charge is -2.33. The summed E-state index contributed by atoms with van der Waals surface area (Å²) in [7, 11) is 1.48. The van der Waals surface area contributed by atoms with Crippen LogP contribution in [0.25, 0.3) is 0 Å². The van der Waals surface area contributed by atoms with Gasteiger partial charge in [0, 0.05) is 25.1 Å². The molecule has 0 spiro atoms. The fourth-order valence-corrected chi connectivity index (χ4v) is 3.43. The number of carbonyl (C=O) groups is 2. The molecule has 1 saturated heterocycles. The lowest BCUT2D eigenvalue weighted by atomic mass is 9.91.